The SMILES string of the molecule is CCc1cccc(CC)c1NC(=O)CN1C(=O)c2cccnc2C1=O. The Balaban J connectivity index is 1.79. The van der Waals surface area contributed by atoms with Crippen molar-refractivity contribution in [3.63, 3.8) is 0 Å². The standard InChI is InChI=1S/C19H19N3O3/c1-3-12-7-5-8-13(4-2)16(12)21-15(23)11-22-18(24)14-9-6-10-20-17(14)19(22)25/h5-10H,3-4,11H2,1-2H3,(H,21,23). The Hall–Kier alpha value is -3.02. The minimum atomic E-state index is -0.532. The fourth-order valence-electron chi connectivity index (χ4n) is 2.98. The molecular formula is C19H19N3O3. The van der Waals surface area contributed by atoms with Gasteiger partial charge >= 0.3 is 0 Å². The van der Waals surface area contributed by atoms with E-state index in [-0.39, 0.29) is 17.8 Å². The van der Waals surface area contributed by atoms with Crippen LogP contribution < -0.4 is 5.32 Å². The van der Waals surface area contributed by atoms with Gasteiger partial charge in [0, 0.05) is 11.9 Å². The van der Waals surface area contributed by atoms with Crippen molar-refractivity contribution < 1.29 is 14.4 Å². The summed E-state index contributed by atoms with van der Waals surface area (Å²) >= 11 is 0. The lowest BCUT2D eigenvalue weighted by molar-refractivity contribution is -0.116. The fraction of sp³-hybridized carbons (Fsp3) is 0.263. The number of nitrogens with zero attached hydrogens (tertiary/aromatic N) is 2. The molecule has 2 aromatic rings. The first-order valence-electron chi connectivity index (χ1n) is 8.28. The molecule has 0 radical (unpaired) electrons. The third-order valence-electron chi connectivity index (χ3n) is 4.30. The van der Waals surface area contributed by atoms with Gasteiger partial charge in [0.25, 0.3) is 11.8 Å². The number of carbonyl (C=O) groups excluding carboxylic acids is 3. The highest BCUT2D eigenvalue weighted by atomic mass is 16.2. The average Bonchev–Trinajstić information content (AvgIpc) is 2.87. The van der Waals surface area contributed by atoms with Gasteiger partial charge in [-0.15, -0.1) is 0 Å². The van der Waals surface area contributed by atoms with Crippen molar-refractivity contribution in [3.05, 3.63) is 58.9 Å². The van der Waals surface area contributed by atoms with Crippen molar-refractivity contribution in [2.24, 2.45) is 0 Å². The van der Waals surface area contributed by atoms with Gasteiger partial charge in [-0.1, -0.05) is 32.0 Å². The predicted molar refractivity (Wildman–Crippen MR) is 93.4 cm³/mol. The van der Waals surface area contributed by atoms with Crippen LogP contribution in [0, 0.1) is 0 Å². The first-order chi connectivity index (χ1) is 12.1. The number of fused-ring (bicyclic) bond motifs is 1. The van der Waals surface area contributed by atoms with Crippen molar-refractivity contribution >= 4 is 23.4 Å². The van der Waals surface area contributed by atoms with Crippen LogP contribution in [0.4, 0.5) is 5.69 Å². The maximum Gasteiger partial charge on any atom is 0.280 e. The molecule has 2 heterocycles. The smallest absolute Gasteiger partial charge is 0.280 e. The average molecular weight is 337 g/mol. The molecule has 0 fully saturated rings. The number of imide groups is 1. The van der Waals surface area contributed by atoms with E-state index >= 15 is 0 Å². The number of aryl methyl sites for hydroxylation is 2. The molecule has 1 aromatic carbocycles. The van der Waals surface area contributed by atoms with E-state index in [9.17, 15) is 14.4 Å². The zero-order chi connectivity index (χ0) is 18.0. The Kier molecular flexibility index (Phi) is 4.61. The molecule has 1 aromatic heterocycles. The van der Waals surface area contributed by atoms with E-state index in [1.165, 1.54) is 6.20 Å². The van der Waals surface area contributed by atoms with Crippen molar-refractivity contribution in [2.45, 2.75) is 26.7 Å². The summed E-state index contributed by atoms with van der Waals surface area (Å²) in [6, 6.07) is 9.02. The molecule has 0 unspecified atom stereocenters. The molecule has 0 saturated heterocycles. The molecule has 25 heavy (non-hydrogen) atoms. The number of amides is 3. The van der Waals surface area contributed by atoms with E-state index in [0.29, 0.717) is 0 Å². The first kappa shape index (κ1) is 16.8. The maximum atomic E-state index is 12.5. The molecule has 6 nitrogen and oxygen atoms in total. The highest BCUT2D eigenvalue weighted by Gasteiger charge is 2.37. The van der Waals surface area contributed by atoms with Gasteiger partial charge in [0.1, 0.15) is 12.2 Å². The van der Waals surface area contributed by atoms with E-state index < -0.39 is 17.7 Å². The maximum absolute atomic E-state index is 12.5. The van der Waals surface area contributed by atoms with Gasteiger partial charge in [-0.25, -0.2) is 0 Å². The molecule has 1 N–H and O–H groups in total. The highest BCUT2D eigenvalue weighted by Crippen LogP contribution is 2.24. The van der Waals surface area contributed by atoms with Crippen LogP contribution in [0.1, 0.15) is 45.8 Å². The van der Waals surface area contributed by atoms with Crippen molar-refractivity contribution in [3.8, 4) is 0 Å². The number of carbonyl (C=O) groups is 3. The molecule has 0 saturated carbocycles. The van der Waals surface area contributed by atoms with Crippen LogP contribution in [0.2, 0.25) is 0 Å². The Morgan fingerprint density at radius 1 is 1.04 bits per heavy atom. The minimum Gasteiger partial charge on any atom is -0.324 e. The fourth-order valence-corrected chi connectivity index (χ4v) is 2.98. The van der Waals surface area contributed by atoms with E-state index in [4.69, 9.17) is 0 Å². The van der Waals surface area contributed by atoms with Crippen LogP contribution in [-0.4, -0.2) is 34.2 Å². The number of nitrogens with one attached hydrogen (secondary N) is 1. The Morgan fingerprint density at radius 2 is 1.72 bits per heavy atom. The lowest BCUT2D eigenvalue weighted by atomic mass is 10.0. The molecule has 6 heteroatoms. The van der Waals surface area contributed by atoms with Crippen LogP contribution >= 0.6 is 0 Å². The van der Waals surface area contributed by atoms with Gasteiger partial charge < -0.3 is 5.32 Å². The Morgan fingerprint density at radius 3 is 2.32 bits per heavy atom. The molecule has 1 aliphatic rings. The molecule has 3 rings (SSSR count). The van der Waals surface area contributed by atoms with Gasteiger partial charge in [-0.3, -0.25) is 24.3 Å². The number of hydrogen-bond donors (Lipinski definition) is 1. The van der Waals surface area contributed by atoms with Crippen LogP contribution in [0.3, 0.4) is 0 Å². The summed E-state index contributed by atoms with van der Waals surface area (Å²) < 4.78 is 0. The zero-order valence-corrected chi connectivity index (χ0v) is 14.2. The molecular weight excluding hydrogens is 318 g/mol. The number of benzene rings is 1. The second-order valence-corrected chi connectivity index (χ2v) is 5.80. The minimum absolute atomic E-state index is 0.100. The Bertz CT molecular complexity index is 803. The summed E-state index contributed by atoms with van der Waals surface area (Å²) in [4.78, 5) is 42.0. The highest BCUT2D eigenvalue weighted by molar-refractivity contribution is 6.21. The molecule has 3 amide bonds. The third-order valence-corrected chi connectivity index (χ3v) is 4.30. The topological polar surface area (TPSA) is 79.4 Å². The summed E-state index contributed by atoms with van der Waals surface area (Å²) in [7, 11) is 0. The summed E-state index contributed by atoms with van der Waals surface area (Å²) in [6.07, 6.45) is 3.01. The molecule has 0 bridgehead atoms. The molecule has 0 spiro atoms. The number of anilines is 1. The third kappa shape index (κ3) is 3.03. The van der Waals surface area contributed by atoms with Crippen LogP contribution in [0.15, 0.2) is 36.5 Å². The summed E-state index contributed by atoms with van der Waals surface area (Å²) in [5.74, 6) is -1.41. The van der Waals surface area contributed by atoms with Gasteiger partial charge in [-0.05, 0) is 36.1 Å². The van der Waals surface area contributed by atoms with Crippen molar-refractivity contribution in [1.29, 1.82) is 0 Å². The first-order valence-corrected chi connectivity index (χ1v) is 8.28. The zero-order valence-electron chi connectivity index (χ0n) is 14.2. The number of para-hydroxylation sites is 1. The normalized spacial score (nSPS) is 13.1. The second kappa shape index (κ2) is 6.84. The van der Waals surface area contributed by atoms with Gasteiger partial charge in [0.05, 0.1) is 5.56 Å². The number of aromatic nitrogens is 1. The van der Waals surface area contributed by atoms with Crippen molar-refractivity contribution in [1.82, 2.24) is 9.88 Å². The number of hydrogen-bond acceptors (Lipinski definition) is 4. The van der Waals surface area contributed by atoms with Crippen LogP contribution in [-0.2, 0) is 17.6 Å². The molecule has 128 valence electrons. The second-order valence-electron chi connectivity index (χ2n) is 5.80. The molecule has 0 atom stereocenters. The largest absolute Gasteiger partial charge is 0.324 e. The molecule has 0 aliphatic carbocycles. The quantitative estimate of drug-likeness (QED) is 0.850. The molecule has 1 aliphatic heterocycles. The van der Waals surface area contributed by atoms with E-state index in [2.05, 4.69) is 10.3 Å². The number of rotatable bonds is 5. The van der Waals surface area contributed by atoms with Crippen molar-refractivity contribution in [2.75, 3.05) is 11.9 Å². The number of pyridine rings is 1. The summed E-state index contributed by atoms with van der Waals surface area (Å²) in [5, 5.41) is 2.87. The predicted octanol–water partition coefficient (Wildman–Crippen LogP) is 2.44. The Labute approximate surface area is 145 Å². The van der Waals surface area contributed by atoms with E-state index in [1.54, 1.807) is 12.1 Å². The van der Waals surface area contributed by atoms with Gasteiger partial charge in [0.2, 0.25) is 5.91 Å². The lowest BCUT2D eigenvalue weighted by Crippen LogP contribution is -2.37. The monoisotopic (exact) mass is 337 g/mol. The van der Waals surface area contributed by atoms with E-state index in [0.717, 1.165) is 34.6 Å². The lowest BCUT2D eigenvalue weighted by Gasteiger charge is -2.17. The summed E-state index contributed by atoms with van der Waals surface area (Å²) in [5.41, 5.74) is 3.16. The van der Waals surface area contributed by atoms with Gasteiger partial charge in [0.15, 0.2) is 0 Å². The van der Waals surface area contributed by atoms with E-state index in [1.807, 2.05) is 32.0 Å². The van der Waals surface area contributed by atoms with Crippen LogP contribution in [0.5, 0.6) is 0 Å². The summed E-state index contributed by atoms with van der Waals surface area (Å²) in [6.45, 7) is 3.70. The van der Waals surface area contributed by atoms with Crippen LogP contribution in [0.25, 0.3) is 0 Å². The van der Waals surface area contributed by atoms with Gasteiger partial charge in [-0.2, -0.15) is 0 Å².